The summed E-state index contributed by atoms with van der Waals surface area (Å²) in [5, 5.41) is 18.2. The summed E-state index contributed by atoms with van der Waals surface area (Å²) < 4.78 is 5.35. The molecule has 0 radical (unpaired) electrons. The van der Waals surface area contributed by atoms with Gasteiger partial charge in [0.2, 0.25) is 0 Å². The second-order valence-electron chi connectivity index (χ2n) is 5.37. The molecule has 0 spiro atoms. The summed E-state index contributed by atoms with van der Waals surface area (Å²) >= 11 is 0. The standard InChI is InChI=1S/C16H20N2O3/c1-3-18(15-10-21-9-14(15)16(19)20)8-13-5-4-12(7-17)6-11(13)2/h4-6,14-15H,3,8-10H2,1-2H3,(H,19,20). The van der Waals surface area contributed by atoms with Crippen LogP contribution in [0.4, 0.5) is 0 Å². The normalized spacial score (nSPS) is 21.4. The van der Waals surface area contributed by atoms with E-state index in [4.69, 9.17) is 10.00 Å². The lowest BCUT2D eigenvalue weighted by molar-refractivity contribution is -0.143. The van der Waals surface area contributed by atoms with Crippen LogP contribution in [0.2, 0.25) is 0 Å². The average molecular weight is 288 g/mol. The number of ether oxygens (including phenoxy) is 1. The van der Waals surface area contributed by atoms with E-state index in [0.717, 1.165) is 17.7 Å². The van der Waals surface area contributed by atoms with Gasteiger partial charge in [0.1, 0.15) is 0 Å². The Hall–Kier alpha value is -1.90. The highest BCUT2D eigenvalue weighted by Crippen LogP contribution is 2.23. The molecule has 0 aromatic heterocycles. The molecule has 0 amide bonds. The summed E-state index contributed by atoms with van der Waals surface area (Å²) in [6.07, 6.45) is 0. The van der Waals surface area contributed by atoms with E-state index in [-0.39, 0.29) is 12.6 Å². The number of carbonyl (C=O) groups is 1. The molecule has 1 aliphatic heterocycles. The van der Waals surface area contributed by atoms with Crippen LogP contribution in [0.3, 0.4) is 0 Å². The number of aliphatic carboxylic acids is 1. The Bertz CT molecular complexity index is 565. The molecule has 2 atom stereocenters. The maximum absolute atomic E-state index is 11.3. The topological polar surface area (TPSA) is 73.6 Å². The van der Waals surface area contributed by atoms with Gasteiger partial charge in [0.05, 0.1) is 30.8 Å². The smallest absolute Gasteiger partial charge is 0.310 e. The lowest BCUT2D eigenvalue weighted by Crippen LogP contribution is -2.42. The van der Waals surface area contributed by atoms with Gasteiger partial charge in [0.25, 0.3) is 0 Å². The monoisotopic (exact) mass is 288 g/mol. The highest BCUT2D eigenvalue weighted by Gasteiger charge is 2.37. The van der Waals surface area contributed by atoms with Gasteiger partial charge >= 0.3 is 5.97 Å². The zero-order valence-electron chi connectivity index (χ0n) is 12.4. The third kappa shape index (κ3) is 3.41. The number of carboxylic acids is 1. The van der Waals surface area contributed by atoms with Gasteiger partial charge < -0.3 is 9.84 Å². The Morgan fingerprint density at radius 2 is 2.29 bits per heavy atom. The average Bonchev–Trinajstić information content (AvgIpc) is 2.95. The molecule has 1 aliphatic rings. The van der Waals surface area contributed by atoms with Crippen LogP contribution in [-0.4, -0.2) is 41.8 Å². The van der Waals surface area contributed by atoms with Gasteiger partial charge in [-0.15, -0.1) is 0 Å². The summed E-state index contributed by atoms with van der Waals surface area (Å²) in [5.74, 6) is -1.27. The zero-order chi connectivity index (χ0) is 15.4. The Morgan fingerprint density at radius 3 is 2.86 bits per heavy atom. The van der Waals surface area contributed by atoms with Gasteiger partial charge in [0, 0.05) is 12.6 Å². The molecular weight excluding hydrogens is 268 g/mol. The van der Waals surface area contributed by atoms with Crippen molar-refractivity contribution in [2.24, 2.45) is 5.92 Å². The first-order chi connectivity index (χ1) is 10.1. The van der Waals surface area contributed by atoms with Crippen molar-refractivity contribution in [3.63, 3.8) is 0 Å². The Kier molecular flexibility index (Phi) is 4.94. The van der Waals surface area contributed by atoms with Crippen LogP contribution in [-0.2, 0) is 16.1 Å². The molecule has 2 rings (SSSR count). The van der Waals surface area contributed by atoms with Gasteiger partial charge in [-0.3, -0.25) is 9.69 Å². The summed E-state index contributed by atoms with van der Waals surface area (Å²) in [4.78, 5) is 13.4. The first-order valence-electron chi connectivity index (χ1n) is 7.11. The minimum atomic E-state index is -0.799. The van der Waals surface area contributed by atoms with Crippen LogP contribution in [0.15, 0.2) is 18.2 Å². The van der Waals surface area contributed by atoms with E-state index in [1.165, 1.54) is 0 Å². The van der Waals surface area contributed by atoms with E-state index < -0.39 is 11.9 Å². The number of rotatable bonds is 5. The third-order valence-electron chi connectivity index (χ3n) is 4.09. The van der Waals surface area contributed by atoms with Gasteiger partial charge in [0.15, 0.2) is 0 Å². The van der Waals surface area contributed by atoms with Crippen molar-refractivity contribution in [3.05, 3.63) is 34.9 Å². The molecule has 5 heteroatoms. The Labute approximate surface area is 124 Å². The molecule has 1 aromatic carbocycles. The van der Waals surface area contributed by atoms with Crippen LogP contribution >= 0.6 is 0 Å². The SMILES string of the molecule is CCN(Cc1ccc(C#N)cc1C)C1COCC1C(=O)O. The van der Waals surface area contributed by atoms with E-state index in [9.17, 15) is 9.90 Å². The van der Waals surface area contributed by atoms with Crippen LogP contribution in [0.25, 0.3) is 0 Å². The largest absolute Gasteiger partial charge is 0.481 e. The van der Waals surface area contributed by atoms with Crippen molar-refractivity contribution >= 4 is 5.97 Å². The molecule has 112 valence electrons. The lowest BCUT2D eigenvalue weighted by atomic mass is 10.00. The van der Waals surface area contributed by atoms with E-state index in [0.29, 0.717) is 18.7 Å². The van der Waals surface area contributed by atoms with Gasteiger partial charge in [-0.1, -0.05) is 13.0 Å². The number of benzene rings is 1. The first-order valence-corrected chi connectivity index (χ1v) is 7.11. The van der Waals surface area contributed by atoms with Crippen molar-refractivity contribution in [3.8, 4) is 6.07 Å². The molecule has 1 aromatic rings. The maximum Gasteiger partial charge on any atom is 0.310 e. The summed E-state index contributed by atoms with van der Waals surface area (Å²) in [6.45, 7) is 6.17. The number of likely N-dealkylation sites (N-methyl/N-ethyl adjacent to an activating group) is 1. The fraction of sp³-hybridized carbons (Fsp3) is 0.500. The quantitative estimate of drug-likeness (QED) is 0.894. The number of nitrogens with zero attached hydrogens (tertiary/aromatic N) is 2. The van der Waals surface area contributed by atoms with Crippen molar-refractivity contribution < 1.29 is 14.6 Å². The first kappa shape index (κ1) is 15.5. The maximum atomic E-state index is 11.3. The molecule has 1 saturated heterocycles. The lowest BCUT2D eigenvalue weighted by Gasteiger charge is -2.29. The number of carboxylic acid groups (broad SMARTS) is 1. The Balaban J connectivity index is 2.16. The van der Waals surface area contributed by atoms with Gasteiger partial charge in [-0.25, -0.2) is 0 Å². The van der Waals surface area contributed by atoms with Crippen molar-refractivity contribution in [2.45, 2.75) is 26.4 Å². The minimum Gasteiger partial charge on any atom is -0.481 e. The second kappa shape index (κ2) is 6.70. The summed E-state index contributed by atoms with van der Waals surface area (Å²) in [7, 11) is 0. The molecule has 21 heavy (non-hydrogen) atoms. The third-order valence-corrected chi connectivity index (χ3v) is 4.09. The van der Waals surface area contributed by atoms with E-state index in [1.807, 2.05) is 26.0 Å². The molecule has 1 fully saturated rings. The predicted molar refractivity (Wildman–Crippen MR) is 77.7 cm³/mol. The van der Waals surface area contributed by atoms with Crippen molar-refractivity contribution in [2.75, 3.05) is 19.8 Å². The number of hydrogen-bond donors (Lipinski definition) is 1. The molecule has 5 nitrogen and oxygen atoms in total. The second-order valence-corrected chi connectivity index (χ2v) is 5.37. The molecular formula is C16H20N2O3. The molecule has 1 N–H and O–H groups in total. The van der Waals surface area contributed by atoms with E-state index >= 15 is 0 Å². The number of hydrogen-bond acceptors (Lipinski definition) is 4. The summed E-state index contributed by atoms with van der Waals surface area (Å²) in [6, 6.07) is 7.65. The van der Waals surface area contributed by atoms with Gasteiger partial charge in [-0.2, -0.15) is 5.26 Å². The van der Waals surface area contributed by atoms with Crippen LogP contribution < -0.4 is 0 Å². The van der Waals surface area contributed by atoms with Crippen molar-refractivity contribution in [1.82, 2.24) is 4.90 Å². The molecule has 1 heterocycles. The van der Waals surface area contributed by atoms with Gasteiger partial charge in [-0.05, 0) is 36.7 Å². The van der Waals surface area contributed by atoms with Crippen LogP contribution in [0.1, 0.15) is 23.6 Å². The molecule has 0 bridgehead atoms. The van der Waals surface area contributed by atoms with Crippen LogP contribution in [0, 0.1) is 24.2 Å². The van der Waals surface area contributed by atoms with E-state index in [1.54, 1.807) is 6.07 Å². The van der Waals surface area contributed by atoms with Crippen LogP contribution in [0.5, 0.6) is 0 Å². The number of aryl methyl sites for hydroxylation is 1. The Morgan fingerprint density at radius 1 is 1.52 bits per heavy atom. The molecule has 0 saturated carbocycles. The predicted octanol–water partition coefficient (Wildman–Crippen LogP) is 1.79. The fourth-order valence-corrected chi connectivity index (χ4v) is 2.76. The van der Waals surface area contributed by atoms with Crippen molar-refractivity contribution in [1.29, 1.82) is 5.26 Å². The highest BCUT2D eigenvalue weighted by molar-refractivity contribution is 5.71. The van der Waals surface area contributed by atoms with E-state index in [2.05, 4.69) is 11.0 Å². The highest BCUT2D eigenvalue weighted by atomic mass is 16.5. The zero-order valence-corrected chi connectivity index (χ0v) is 12.4. The molecule has 2 unspecified atom stereocenters. The summed E-state index contributed by atoms with van der Waals surface area (Å²) in [5.41, 5.74) is 2.82. The number of nitriles is 1. The fourth-order valence-electron chi connectivity index (χ4n) is 2.76. The minimum absolute atomic E-state index is 0.0949. The molecule has 0 aliphatic carbocycles.